The predicted octanol–water partition coefficient (Wildman–Crippen LogP) is 2.69. The summed E-state index contributed by atoms with van der Waals surface area (Å²) in [5.41, 5.74) is 7.93. The first-order valence-electron chi connectivity index (χ1n) is 8.89. The van der Waals surface area contributed by atoms with Gasteiger partial charge in [-0.1, -0.05) is 15.9 Å². The van der Waals surface area contributed by atoms with Crippen LogP contribution in [0, 0.1) is 0 Å². The third-order valence-corrected chi connectivity index (χ3v) is 5.80. The molecule has 28 heavy (non-hydrogen) atoms. The standard InChI is InChI=1S/C13H18Br2N2O.C5H9NO3S/c14-9-5-8(13(16)12(15)6-9)7-17-10-1-3-11(18)4-2-10;1-3(7)6-4(2-10)5(8)9/h5-6,10-11,17-18H,1-4,7,16H2;4,10H,2H2,1H3,(H,6,7)(H,8,9)/t10-,11-;4-/m.0/s1. The van der Waals surface area contributed by atoms with E-state index < -0.39 is 12.0 Å². The lowest BCUT2D eigenvalue weighted by molar-refractivity contribution is -0.140. The highest BCUT2D eigenvalue weighted by Gasteiger charge is 2.19. The Kier molecular flexibility index (Phi) is 11.4. The van der Waals surface area contributed by atoms with E-state index in [0.29, 0.717) is 6.04 Å². The van der Waals surface area contributed by atoms with Gasteiger partial charge in [-0.15, -0.1) is 0 Å². The topological polar surface area (TPSA) is 125 Å². The van der Waals surface area contributed by atoms with Gasteiger partial charge in [0.1, 0.15) is 6.04 Å². The van der Waals surface area contributed by atoms with E-state index in [-0.39, 0.29) is 17.8 Å². The summed E-state index contributed by atoms with van der Waals surface area (Å²) in [6.07, 6.45) is 3.77. The van der Waals surface area contributed by atoms with Gasteiger partial charge in [-0.25, -0.2) is 4.79 Å². The fourth-order valence-corrected chi connectivity index (χ4v) is 4.31. The van der Waals surface area contributed by atoms with E-state index in [9.17, 15) is 14.7 Å². The van der Waals surface area contributed by atoms with Gasteiger partial charge in [-0.3, -0.25) is 4.79 Å². The van der Waals surface area contributed by atoms with E-state index in [1.54, 1.807) is 0 Å². The Labute approximate surface area is 187 Å². The zero-order valence-corrected chi connectivity index (χ0v) is 19.7. The van der Waals surface area contributed by atoms with Crippen molar-refractivity contribution < 1.29 is 19.8 Å². The molecular formula is C18H27Br2N3O4S. The zero-order chi connectivity index (χ0) is 21.3. The van der Waals surface area contributed by atoms with Crippen LogP contribution in [0.25, 0.3) is 0 Å². The molecule has 7 nitrogen and oxygen atoms in total. The number of nitrogen functional groups attached to an aromatic ring is 1. The maximum Gasteiger partial charge on any atom is 0.327 e. The Balaban J connectivity index is 0.000000336. The first-order valence-corrected chi connectivity index (χ1v) is 11.1. The first kappa shape index (κ1) is 25.2. The van der Waals surface area contributed by atoms with E-state index in [0.717, 1.165) is 52.4 Å². The fraction of sp³-hybridized carbons (Fsp3) is 0.556. The summed E-state index contributed by atoms with van der Waals surface area (Å²) in [4.78, 5) is 20.5. The van der Waals surface area contributed by atoms with Crippen LogP contribution in [0.3, 0.4) is 0 Å². The zero-order valence-electron chi connectivity index (χ0n) is 15.6. The summed E-state index contributed by atoms with van der Waals surface area (Å²) in [6.45, 7) is 2.03. The number of aliphatic carboxylic acids is 1. The second-order valence-corrected chi connectivity index (χ2v) is 8.76. The molecule has 0 bridgehead atoms. The second kappa shape index (κ2) is 12.7. The number of nitrogens with two attached hydrogens (primary N) is 1. The number of hydrogen-bond acceptors (Lipinski definition) is 6. The van der Waals surface area contributed by atoms with Crippen molar-refractivity contribution in [2.75, 3.05) is 11.5 Å². The summed E-state index contributed by atoms with van der Waals surface area (Å²) in [6, 6.07) is 3.62. The molecule has 6 N–H and O–H groups in total. The fourth-order valence-electron chi connectivity index (χ4n) is 2.75. The molecule has 1 aliphatic carbocycles. The highest BCUT2D eigenvalue weighted by Crippen LogP contribution is 2.28. The maximum atomic E-state index is 10.3. The minimum Gasteiger partial charge on any atom is -0.480 e. The number of carbonyl (C=O) groups is 2. The van der Waals surface area contributed by atoms with E-state index >= 15 is 0 Å². The molecule has 2 rings (SSSR count). The van der Waals surface area contributed by atoms with Crippen molar-refractivity contribution in [3.8, 4) is 0 Å². The molecule has 1 aromatic rings. The Morgan fingerprint density at radius 3 is 2.36 bits per heavy atom. The SMILES string of the molecule is CC(=O)N[C@@H](CS)C(=O)O.Nc1c(Br)cc(Br)cc1CN[C@H]1CC[C@H](O)CC1. The number of aliphatic hydroxyl groups is 1. The van der Waals surface area contributed by atoms with Crippen LogP contribution in [0.5, 0.6) is 0 Å². The number of hydrogen-bond donors (Lipinski definition) is 6. The molecule has 158 valence electrons. The van der Waals surface area contributed by atoms with Gasteiger partial charge >= 0.3 is 5.97 Å². The molecule has 0 radical (unpaired) electrons. The van der Waals surface area contributed by atoms with Gasteiger partial charge in [0, 0.05) is 34.2 Å². The van der Waals surface area contributed by atoms with Gasteiger partial charge in [0.15, 0.2) is 0 Å². The van der Waals surface area contributed by atoms with E-state index in [1.807, 2.05) is 12.1 Å². The van der Waals surface area contributed by atoms with Crippen LogP contribution in [0.4, 0.5) is 5.69 Å². The molecule has 1 fully saturated rings. The number of anilines is 1. The van der Waals surface area contributed by atoms with Crippen molar-refractivity contribution in [1.29, 1.82) is 0 Å². The minimum atomic E-state index is -1.06. The number of rotatable bonds is 6. The summed E-state index contributed by atoms with van der Waals surface area (Å²) in [7, 11) is 0. The van der Waals surface area contributed by atoms with Gasteiger partial charge in [0.25, 0.3) is 0 Å². The van der Waals surface area contributed by atoms with Crippen molar-refractivity contribution in [3.63, 3.8) is 0 Å². The molecular weight excluding hydrogens is 514 g/mol. The van der Waals surface area contributed by atoms with Crippen LogP contribution >= 0.6 is 44.5 Å². The van der Waals surface area contributed by atoms with Crippen molar-refractivity contribution >= 4 is 62.1 Å². The molecule has 10 heteroatoms. The Morgan fingerprint density at radius 2 is 1.89 bits per heavy atom. The number of amides is 1. The highest BCUT2D eigenvalue weighted by molar-refractivity contribution is 9.11. The molecule has 1 saturated carbocycles. The molecule has 0 heterocycles. The number of halogens is 2. The number of carbonyl (C=O) groups excluding carboxylic acids is 1. The molecule has 1 aromatic carbocycles. The summed E-state index contributed by atoms with van der Waals surface area (Å²) < 4.78 is 1.95. The molecule has 1 atom stereocenters. The third-order valence-electron chi connectivity index (χ3n) is 4.32. The monoisotopic (exact) mass is 539 g/mol. The minimum absolute atomic E-state index is 0.104. The summed E-state index contributed by atoms with van der Waals surface area (Å²) in [5.74, 6) is -1.32. The second-order valence-electron chi connectivity index (χ2n) is 6.62. The highest BCUT2D eigenvalue weighted by atomic mass is 79.9. The number of thiol groups is 1. The number of benzene rings is 1. The Morgan fingerprint density at radius 1 is 1.29 bits per heavy atom. The smallest absolute Gasteiger partial charge is 0.327 e. The molecule has 1 amide bonds. The predicted molar refractivity (Wildman–Crippen MR) is 120 cm³/mol. The van der Waals surface area contributed by atoms with E-state index in [2.05, 4.69) is 55.1 Å². The van der Waals surface area contributed by atoms with Gasteiger partial charge in [-0.2, -0.15) is 12.6 Å². The summed E-state index contributed by atoms with van der Waals surface area (Å²) >= 11 is 10.7. The van der Waals surface area contributed by atoms with Crippen molar-refractivity contribution in [2.45, 2.75) is 57.3 Å². The molecule has 1 aliphatic rings. The largest absolute Gasteiger partial charge is 0.480 e. The Hall–Kier alpha value is -0.810. The van der Waals surface area contributed by atoms with Gasteiger partial charge < -0.3 is 26.6 Å². The van der Waals surface area contributed by atoms with Gasteiger partial charge in [-0.05, 0) is 59.3 Å². The average Bonchev–Trinajstić information content (AvgIpc) is 2.63. The van der Waals surface area contributed by atoms with Crippen molar-refractivity contribution in [3.05, 3.63) is 26.6 Å². The van der Waals surface area contributed by atoms with Gasteiger partial charge in [0.05, 0.1) is 11.8 Å². The molecule has 0 aromatic heterocycles. The molecule has 0 unspecified atom stereocenters. The van der Waals surface area contributed by atoms with Crippen LogP contribution in [0.15, 0.2) is 21.1 Å². The summed E-state index contributed by atoms with van der Waals surface area (Å²) in [5, 5.41) is 23.6. The van der Waals surface area contributed by atoms with Crippen LogP contribution in [-0.4, -0.2) is 46.0 Å². The maximum absolute atomic E-state index is 10.3. The van der Waals surface area contributed by atoms with Crippen LogP contribution < -0.4 is 16.4 Å². The molecule has 0 spiro atoms. The Bertz CT molecular complexity index is 670. The number of carboxylic acids is 1. The van der Waals surface area contributed by atoms with E-state index in [4.69, 9.17) is 10.8 Å². The van der Waals surface area contributed by atoms with Crippen molar-refractivity contribution in [1.82, 2.24) is 10.6 Å². The quantitative estimate of drug-likeness (QED) is 0.243. The number of carboxylic acid groups (broad SMARTS) is 1. The lowest BCUT2D eigenvalue weighted by Crippen LogP contribution is -2.40. The van der Waals surface area contributed by atoms with Crippen molar-refractivity contribution in [2.24, 2.45) is 0 Å². The average molecular weight is 541 g/mol. The van der Waals surface area contributed by atoms with E-state index in [1.165, 1.54) is 6.92 Å². The normalized spacial score (nSPS) is 19.9. The van der Waals surface area contributed by atoms with Crippen LogP contribution in [0.2, 0.25) is 0 Å². The lowest BCUT2D eigenvalue weighted by atomic mass is 9.93. The number of aliphatic hydroxyl groups excluding tert-OH is 1. The third kappa shape index (κ3) is 9.13. The van der Waals surface area contributed by atoms with Crippen LogP contribution in [-0.2, 0) is 16.1 Å². The molecule has 0 saturated heterocycles. The van der Waals surface area contributed by atoms with Crippen LogP contribution in [0.1, 0.15) is 38.2 Å². The first-order chi connectivity index (χ1) is 13.1. The van der Waals surface area contributed by atoms with Gasteiger partial charge in [0.2, 0.25) is 5.91 Å². The number of nitrogens with one attached hydrogen (secondary N) is 2. The lowest BCUT2D eigenvalue weighted by Gasteiger charge is -2.26. The molecule has 0 aliphatic heterocycles.